The molecule has 2 aromatic rings. The molecule has 0 fully saturated rings. The number of aryl methyl sites for hydroxylation is 3. The second-order valence-electron chi connectivity index (χ2n) is 5.08. The number of carbonyl (C=O) groups excluding carboxylic acids is 1. The van der Waals surface area contributed by atoms with Crippen molar-refractivity contribution in [3.8, 4) is 0 Å². The van der Waals surface area contributed by atoms with Gasteiger partial charge in [0.1, 0.15) is 11.9 Å². The van der Waals surface area contributed by atoms with Gasteiger partial charge in [-0.1, -0.05) is 6.92 Å². The van der Waals surface area contributed by atoms with Gasteiger partial charge in [-0.15, -0.1) is 0 Å². The van der Waals surface area contributed by atoms with E-state index >= 15 is 0 Å². The molecule has 0 aliphatic carbocycles. The van der Waals surface area contributed by atoms with Crippen LogP contribution in [0.3, 0.4) is 0 Å². The highest BCUT2D eigenvalue weighted by atomic mass is 16.2. The zero-order chi connectivity index (χ0) is 15.4. The molecule has 4 N–H and O–H groups in total. The van der Waals surface area contributed by atoms with Crippen molar-refractivity contribution >= 4 is 5.91 Å². The van der Waals surface area contributed by atoms with Crippen molar-refractivity contribution in [3.05, 3.63) is 35.2 Å². The van der Waals surface area contributed by atoms with Crippen LogP contribution >= 0.6 is 0 Å². The van der Waals surface area contributed by atoms with Crippen molar-refractivity contribution in [2.75, 3.05) is 0 Å². The fourth-order valence-corrected chi connectivity index (χ4v) is 2.38. The minimum absolute atomic E-state index is 0.228. The van der Waals surface area contributed by atoms with Crippen LogP contribution in [-0.4, -0.2) is 25.7 Å². The second-order valence-corrected chi connectivity index (χ2v) is 5.08. The minimum atomic E-state index is -0.724. The SMILES string of the molecule is CCCn1ccnc1CNC(=O)C(N)c1c(C)n[nH]c1C. The molecule has 7 nitrogen and oxygen atoms in total. The predicted octanol–water partition coefficient (Wildman–Crippen LogP) is 0.949. The summed E-state index contributed by atoms with van der Waals surface area (Å²) in [5, 5.41) is 9.75. The normalized spacial score (nSPS) is 12.4. The van der Waals surface area contributed by atoms with Gasteiger partial charge in [-0.05, 0) is 20.3 Å². The van der Waals surface area contributed by atoms with Gasteiger partial charge in [-0.2, -0.15) is 5.10 Å². The van der Waals surface area contributed by atoms with Crippen molar-refractivity contribution < 1.29 is 4.79 Å². The molecule has 0 aromatic carbocycles. The maximum absolute atomic E-state index is 12.2. The van der Waals surface area contributed by atoms with Gasteiger partial charge in [-0.25, -0.2) is 4.98 Å². The molecule has 1 amide bonds. The number of nitrogens with two attached hydrogens (primary N) is 1. The van der Waals surface area contributed by atoms with Gasteiger partial charge >= 0.3 is 0 Å². The molecule has 0 aliphatic rings. The van der Waals surface area contributed by atoms with Gasteiger partial charge in [-0.3, -0.25) is 9.89 Å². The van der Waals surface area contributed by atoms with E-state index in [0.717, 1.165) is 35.7 Å². The zero-order valence-electron chi connectivity index (χ0n) is 12.7. The Hall–Kier alpha value is -2.15. The molecule has 2 rings (SSSR count). The van der Waals surface area contributed by atoms with Crippen LogP contribution in [0.2, 0.25) is 0 Å². The molecule has 114 valence electrons. The molecule has 1 unspecified atom stereocenters. The summed E-state index contributed by atoms with van der Waals surface area (Å²) < 4.78 is 2.03. The number of carbonyl (C=O) groups is 1. The Labute approximate surface area is 123 Å². The highest BCUT2D eigenvalue weighted by Gasteiger charge is 2.21. The van der Waals surface area contributed by atoms with Crippen LogP contribution in [0.1, 0.15) is 42.2 Å². The van der Waals surface area contributed by atoms with E-state index in [1.165, 1.54) is 0 Å². The zero-order valence-corrected chi connectivity index (χ0v) is 12.7. The Morgan fingerprint density at radius 3 is 2.90 bits per heavy atom. The Balaban J connectivity index is 2.00. The maximum Gasteiger partial charge on any atom is 0.242 e. The molecular formula is C14H22N6O. The van der Waals surface area contributed by atoms with Crippen LogP contribution < -0.4 is 11.1 Å². The van der Waals surface area contributed by atoms with E-state index in [9.17, 15) is 4.79 Å². The fraction of sp³-hybridized carbons (Fsp3) is 0.500. The van der Waals surface area contributed by atoms with Gasteiger partial charge in [0.2, 0.25) is 5.91 Å². The predicted molar refractivity (Wildman–Crippen MR) is 79.4 cm³/mol. The summed E-state index contributed by atoms with van der Waals surface area (Å²) in [6.45, 7) is 7.05. The Kier molecular flexibility index (Phi) is 4.74. The third-order valence-corrected chi connectivity index (χ3v) is 3.47. The summed E-state index contributed by atoms with van der Waals surface area (Å²) in [5.41, 5.74) is 8.35. The van der Waals surface area contributed by atoms with E-state index in [1.807, 2.05) is 24.6 Å². The highest BCUT2D eigenvalue weighted by molar-refractivity contribution is 5.83. The largest absolute Gasteiger partial charge is 0.347 e. The monoisotopic (exact) mass is 290 g/mol. The van der Waals surface area contributed by atoms with E-state index in [4.69, 9.17) is 5.73 Å². The lowest BCUT2D eigenvalue weighted by molar-refractivity contribution is -0.122. The first-order valence-corrected chi connectivity index (χ1v) is 7.09. The van der Waals surface area contributed by atoms with Crippen LogP contribution in [0.15, 0.2) is 12.4 Å². The summed E-state index contributed by atoms with van der Waals surface area (Å²) in [6, 6.07) is -0.724. The number of nitrogens with one attached hydrogen (secondary N) is 2. The molecular weight excluding hydrogens is 268 g/mol. The summed E-state index contributed by atoms with van der Waals surface area (Å²) >= 11 is 0. The number of aromatic amines is 1. The summed E-state index contributed by atoms with van der Waals surface area (Å²) in [5.74, 6) is 0.603. The van der Waals surface area contributed by atoms with Crippen molar-refractivity contribution in [1.82, 2.24) is 25.1 Å². The topological polar surface area (TPSA) is 102 Å². The van der Waals surface area contributed by atoms with Crippen LogP contribution in [-0.2, 0) is 17.9 Å². The van der Waals surface area contributed by atoms with Gasteiger partial charge in [0.05, 0.1) is 12.2 Å². The van der Waals surface area contributed by atoms with E-state index in [-0.39, 0.29) is 5.91 Å². The van der Waals surface area contributed by atoms with Gasteiger partial charge < -0.3 is 15.6 Å². The van der Waals surface area contributed by atoms with E-state index in [1.54, 1.807) is 6.20 Å². The lowest BCUT2D eigenvalue weighted by Crippen LogP contribution is -2.35. The lowest BCUT2D eigenvalue weighted by atomic mass is 10.1. The molecule has 0 radical (unpaired) electrons. The van der Waals surface area contributed by atoms with Crippen LogP contribution in [0, 0.1) is 13.8 Å². The molecule has 2 heterocycles. The van der Waals surface area contributed by atoms with Gasteiger partial charge in [0.15, 0.2) is 0 Å². The quantitative estimate of drug-likeness (QED) is 0.737. The first-order chi connectivity index (χ1) is 10.0. The van der Waals surface area contributed by atoms with Crippen molar-refractivity contribution in [3.63, 3.8) is 0 Å². The molecule has 21 heavy (non-hydrogen) atoms. The number of aromatic nitrogens is 4. The summed E-state index contributed by atoms with van der Waals surface area (Å²) in [6.07, 6.45) is 4.67. The summed E-state index contributed by atoms with van der Waals surface area (Å²) in [7, 11) is 0. The Morgan fingerprint density at radius 1 is 1.52 bits per heavy atom. The molecule has 0 aliphatic heterocycles. The molecule has 0 saturated carbocycles. The number of hydrogen-bond donors (Lipinski definition) is 3. The van der Waals surface area contributed by atoms with Crippen LogP contribution in [0.25, 0.3) is 0 Å². The maximum atomic E-state index is 12.2. The number of hydrogen-bond acceptors (Lipinski definition) is 4. The Bertz CT molecular complexity index is 595. The number of H-pyrrole nitrogens is 1. The van der Waals surface area contributed by atoms with Crippen LogP contribution in [0.5, 0.6) is 0 Å². The van der Waals surface area contributed by atoms with E-state index in [0.29, 0.717) is 6.54 Å². The average molecular weight is 290 g/mol. The lowest BCUT2D eigenvalue weighted by Gasteiger charge is -2.13. The molecule has 0 spiro atoms. The molecule has 1 atom stereocenters. The molecule has 0 bridgehead atoms. The highest BCUT2D eigenvalue weighted by Crippen LogP contribution is 2.17. The second kappa shape index (κ2) is 6.53. The van der Waals surface area contributed by atoms with Gasteiger partial charge in [0.25, 0.3) is 0 Å². The Morgan fingerprint density at radius 2 is 2.29 bits per heavy atom. The van der Waals surface area contributed by atoms with Gasteiger partial charge in [0, 0.05) is 30.2 Å². The third-order valence-electron chi connectivity index (χ3n) is 3.47. The fourth-order valence-electron chi connectivity index (χ4n) is 2.38. The van der Waals surface area contributed by atoms with E-state index < -0.39 is 6.04 Å². The van der Waals surface area contributed by atoms with Crippen LogP contribution in [0.4, 0.5) is 0 Å². The third kappa shape index (κ3) is 3.30. The first-order valence-electron chi connectivity index (χ1n) is 7.09. The number of amides is 1. The van der Waals surface area contributed by atoms with Crippen molar-refractivity contribution in [2.45, 2.75) is 46.3 Å². The van der Waals surface area contributed by atoms with Crippen molar-refractivity contribution in [1.29, 1.82) is 0 Å². The standard InChI is InChI=1S/C14H22N6O/c1-4-6-20-7-5-16-11(20)8-17-14(21)13(15)12-9(2)18-19-10(12)3/h5,7,13H,4,6,8,15H2,1-3H3,(H,17,21)(H,18,19). The molecule has 0 saturated heterocycles. The van der Waals surface area contributed by atoms with E-state index in [2.05, 4.69) is 27.4 Å². The smallest absolute Gasteiger partial charge is 0.242 e. The van der Waals surface area contributed by atoms with Crippen molar-refractivity contribution in [2.24, 2.45) is 5.73 Å². The molecule has 7 heteroatoms. The average Bonchev–Trinajstić information content (AvgIpc) is 3.03. The first kappa shape index (κ1) is 15.2. The number of imidazole rings is 1. The summed E-state index contributed by atoms with van der Waals surface area (Å²) in [4.78, 5) is 16.4. The number of nitrogens with zero attached hydrogens (tertiary/aromatic N) is 3. The minimum Gasteiger partial charge on any atom is -0.347 e. The number of rotatable bonds is 6. The molecule has 2 aromatic heterocycles.